The van der Waals surface area contributed by atoms with E-state index in [-0.39, 0.29) is 46.6 Å². The maximum atomic E-state index is 13.3. The van der Waals surface area contributed by atoms with Crippen molar-refractivity contribution in [3.63, 3.8) is 0 Å². The van der Waals surface area contributed by atoms with Gasteiger partial charge in [0.2, 0.25) is 5.91 Å². The van der Waals surface area contributed by atoms with Crippen molar-refractivity contribution < 1.29 is 54.9 Å². The normalized spacial score (nSPS) is 18.0. The van der Waals surface area contributed by atoms with Gasteiger partial charge in [-0.05, 0) is 99.5 Å². The second-order valence-electron chi connectivity index (χ2n) is 18.3. The van der Waals surface area contributed by atoms with Crippen LogP contribution in [-0.2, 0) is 61.5 Å². The fourth-order valence-electron chi connectivity index (χ4n) is 9.23. The van der Waals surface area contributed by atoms with Gasteiger partial charge in [-0.2, -0.15) is 0 Å². The SMILES string of the molecule is COC(=O)C1(CS(=O)(=O)c2ccc(OCc3cc(C)nc4ccccc34)cc2)CN(C(=O)C2CC(OC)C2)C1.COC(=O)C1(CS(=O)(=O)c2ccc(OCc3cc(C)nc4ccccc34)cc2)CNC1. The lowest BCUT2D eigenvalue weighted by molar-refractivity contribution is -0.170. The smallest absolute Gasteiger partial charge is 0.316 e. The molecule has 2 aromatic heterocycles. The van der Waals surface area contributed by atoms with Crippen LogP contribution in [0.1, 0.15) is 35.4 Å². The van der Waals surface area contributed by atoms with Crippen LogP contribution in [0.4, 0.5) is 0 Å². The first-order chi connectivity index (χ1) is 33.5. The summed E-state index contributed by atoms with van der Waals surface area (Å²) in [4.78, 5) is 48.3. The number of hydrogen-bond acceptors (Lipinski definition) is 15. The number of likely N-dealkylation sites (tertiary alicyclic amines) is 1. The molecule has 0 spiro atoms. The molecular formula is C52H56N4O12S2. The Balaban J connectivity index is 0.000000193. The summed E-state index contributed by atoms with van der Waals surface area (Å²) >= 11 is 0. The standard InChI is InChI=1S/C29H32N2O7S.C23H24N2O5S/c1-19-12-21(25-6-4-5-7-26(25)30-19)15-38-22-8-10-24(11-9-22)39(34,35)18-29(28(33)37-3)16-31(17-29)27(32)20-13-23(14-20)36-2;1-16-11-17(20-5-3-4-6-21(20)25-16)12-30-18-7-9-19(10-8-18)31(27,28)15-23(13-24-14-23)22(26)29-2/h4-12,20,23H,13-18H2,1-3H3;3-11,24H,12-15H2,1-2H3. The molecule has 0 bridgehead atoms. The molecule has 1 aliphatic carbocycles. The van der Waals surface area contributed by atoms with Crippen LogP contribution >= 0.6 is 0 Å². The van der Waals surface area contributed by atoms with Gasteiger partial charge in [0.05, 0.1) is 52.7 Å². The number of rotatable bonds is 16. The summed E-state index contributed by atoms with van der Waals surface area (Å²) in [6.45, 7) is 5.13. The lowest BCUT2D eigenvalue weighted by Crippen LogP contribution is -2.66. The predicted octanol–water partition coefficient (Wildman–Crippen LogP) is 5.98. The molecule has 0 unspecified atom stereocenters. The molecule has 4 heterocycles. The molecule has 3 fully saturated rings. The number of aryl methyl sites for hydroxylation is 2. The van der Waals surface area contributed by atoms with E-state index in [9.17, 15) is 31.2 Å². The Labute approximate surface area is 407 Å². The third kappa shape index (κ3) is 10.6. The number of nitrogens with one attached hydrogen (secondary N) is 1. The summed E-state index contributed by atoms with van der Waals surface area (Å²) in [5, 5.41) is 4.98. The van der Waals surface area contributed by atoms with Crippen molar-refractivity contribution in [3.8, 4) is 11.5 Å². The third-order valence-electron chi connectivity index (χ3n) is 13.2. The summed E-state index contributed by atoms with van der Waals surface area (Å²) in [6.07, 6.45) is 1.35. The third-order valence-corrected chi connectivity index (χ3v) is 17.0. The number of benzene rings is 4. The zero-order valence-electron chi connectivity index (χ0n) is 39.7. The van der Waals surface area contributed by atoms with Gasteiger partial charge in [-0.1, -0.05) is 36.4 Å². The van der Waals surface area contributed by atoms with Crippen LogP contribution in [0.15, 0.2) is 119 Å². The summed E-state index contributed by atoms with van der Waals surface area (Å²) in [5.74, 6) is -1.00. The number of hydrogen-bond donors (Lipinski definition) is 1. The Kier molecular flexibility index (Phi) is 14.6. The van der Waals surface area contributed by atoms with Crippen LogP contribution in [-0.4, -0.2) is 115 Å². The Morgan fingerprint density at radius 1 is 0.629 bits per heavy atom. The molecular weight excluding hydrogens is 937 g/mol. The Morgan fingerprint density at radius 3 is 1.47 bits per heavy atom. The maximum Gasteiger partial charge on any atom is 0.316 e. The number of amides is 1. The average Bonchev–Trinajstić information content (AvgIpc) is 3.31. The number of sulfone groups is 2. The summed E-state index contributed by atoms with van der Waals surface area (Å²) in [6, 6.07) is 32.1. The number of fused-ring (bicyclic) bond motifs is 2. The lowest BCUT2D eigenvalue weighted by atomic mass is 9.76. The van der Waals surface area contributed by atoms with Crippen molar-refractivity contribution in [3.05, 3.63) is 132 Å². The molecule has 9 rings (SSSR count). The number of methoxy groups -OCH3 is 3. The van der Waals surface area contributed by atoms with E-state index in [1.807, 2.05) is 74.5 Å². The molecule has 368 valence electrons. The maximum absolute atomic E-state index is 13.3. The molecule has 2 aliphatic heterocycles. The minimum Gasteiger partial charge on any atom is -0.489 e. The van der Waals surface area contributed by atoms with Gasteiger partial charge < -0.3 is 33.9 Å². The molecule has 4 aromatic carbocycles. The monoisotopic (exact) mass is 992 g/mol. The van der Waals surface area contributed by atoms with Crippen molar-refractivity contribution >= 4 is 59.3 Å². The van der Waals surface area contributed by atoms with Gasteiger partial charge in [0.1, 0.15) is 35.5 Å². The van der Waals surface area contributed by atoms with E-state index in [0.29, 0.717) is 50.6 Å². The van der Waals surface area contributed by atoms with E-state index >= 15 is 0 Å². The van der Waals surface area contributed by atoms with E-state index in [2.05, 4.69) is 15.3 Å². The van der Waals surface area contributed by atoms with Crippen molar-refractivity contribution in [1.82, 2.24) is 20.2 Å². The zero-order valence-corrected chi connectivity index (χ0v) is 41.3. The first kappa shape index (κ1) is 49.9. The summed E-state index contributed by atoms with van der Waals surface area (Å²) in [5.41, 5.74) is 3.27. The number of aromatic nitrogens is 2. The largest absolute Gasteiger partial charge is 0.489 e. The molecule has 6 aromatic rings. The number of carbonyl (C=O) groups excluding carboxylic acids is 3. The van der Waals surface area contributed by atoms with E-state index < -0.39 is 48.2 Å². The van der Waals surface area contributed by atoms with Gasteiger partial charge >= 0.3 is 11.9 Å². The summed E-state index contributed by atoms with van der Waals surface area (Å²) in [7, 11) is -3.39. The topological polar surface area (TPSA) is 207 Å². The van der Waals surface area contributed by atoms with Gasteiger partial charge in [0.15, 0.2) is 19.7 Å². The second-order valence-corrected chi connectivity index (χ2v) is 22.3. The van der Waals surface area contributed by atoms with Crippen molar-refractivity contribution in [1.29, 1.82) is 0 Å². The molecule has 1 amide bonds. The van der Waals surface area contributed by atoms with Gasteiger partial charge in [-0.25, -0.2) is 16.8 Å². The lowest BCUT2D eigenvalue weighted by Gasteiger charge is -2.49. The van der Waals surface area contributed by atoms with Gasteiger partial charge in [-0.3, -0.25) is 24.4 Å². The highest BCUT2D eigenvalue weighted by atomic mass is 32.2. The number of nitrogens with zero attached hydrogens (tertiary/aromatic N) is 3. The molecule has 1 saturated carbocycles. The molecule has 0 atom stereocenters. The van der Waals surface area contributed by atoms with E-state index in [1.54, 1.807) is 36.3 Å². The Morgan fingerprint density at radius 2 is 1.06 bits per heavy atom. The van der Waals surface area contributed by atoms with Crippen LogP contribution in [0.25, 0.3) is 21.8 Å². The van der Waals surface area contributed by atoms with Crippen molar-refractivity contribution in [2.24, 2.45) is 16.7 Å². The fraction of sp³-hybridized carbons (Fsp3) is 0.365. The number of ether oxygens (including phenoxy) is 5. The van der Waals surface area contributed by atoms with Crippen LogP contribution in [0.5, 0.6) is 11.5 Å². The molecule has 70 heavy (non-hydrogen) atoms. The van der Waals surface area contributed by atoms with Crippen molar-refractivity contribution in [2.75, 3.05) is 59.0 Å². The molecule has 18 heteroatoms. The number of pyridine rings is 2. The molecule has 2 saturated heterocycles. The van der Waals surface area contributed by atoms with Gasteiger partial charge in [0.25, 0.3) is 0 Å². The number of para-hydroxylation sites is 2. The highest BCUT2D eigenvalue weighted by molar-refractivity contribution is 7.91. The molecule has 16 nitrogen and oxygen atoms in total. The summed E-state index contributed by atoms with van der Waals surface area (Å²) < 4.78 is 79.2. The Hall–Kier alpha value is -6.47. The van der Waals surface area contributed by atoms with E-state index in [4.69, 9.17) is 23.7 Å². The number of carbonyl (C=O) groups is 3. The first-order valence-electron chi connectivity index (χ1n) is 22.8. The fourth-order valence-corrected chi connectivity index (χ4v) is 12.7. The van der Waals surface area contributed by atoms with Crippen LogP contribution in [0.2, 0.25) is 0 Å². The van der Waals surface area contributed by atoms with Crippen LogP contribution in [0, 0.1) is 30.6 Å². The van der Waals surface area contributed by atoms with Crippen molar-refractivity contribution in [2.45, 2.75) is 55.8 Å². The van der Waals surface area contributed by atoms with Gasteiger partial charge in [0, 0.05) is 72.5 Å². The quantitative estimate of drug-likeness (QED) is 0.111. The molecule has 1 N–H and O–H groups in total. The first-order valence-corrected chi connectivity index (χ1v) is 26.1. The van der Waals surface area contributed by atoms with Crippen LogP contribution < -0.4 is 14.8 Å². The van der Waals surface area contributed by atoms with Gasteiger partial charge in [-0.15, -0.1) is 0 Å². The molecule has 3 aliphatic rings. The minimum absolute atomic E-state index is 0.0202. The second kappa shape index (κ2) is 20.5. The van der Waals surface area contributed by atoms with E-state index in [1.165, 1.54) is 38.5 Å². The number of esters is 2. The molecule has 0 radical (unpaired) electrons. The van der Waals surface area contributed by atoms with Crippen LogP contribution in [0.3, 0.4) is 0 Å². The Bertz CT molecular complexity index is 3130. The average molecular weight is 993 g/mol. The minimum atomic E-state index is -3.85. The highest BCUT2D eigenvalue weighted by Gasteiger charge is 2.56. The van der Waals surface area contributed by atoms with E-state index in [0.717, 1.165) is 44.3 Å². The highest BCUT2D eigenvalue weighted by Crippen LogP contribution is 2.40. The zero-order chi connectivity index (χ0) is 49.8. The predicted molar refractivity (Wildman–Crippen MR) is 260 cm³/mol.